The summed E-state index contributed by atoms with van der Waals surface area (Å²) < 4.78 is 62.4. The number of carbonyl (C=O) groups is 1. The van der Waals surface area contributed by atoms with Gasteiger partial charge in [-0.3, -0.25) is 9.78 Å². The maximum atomic E-state index is 13.1. The highest BCUT2D eigenvalue weighted by molar-refractivity contribution is 7.89. The molecule has 162 valence electrons. The number of anilines is 1. The van der Waals surface area contributed by atoms with E-state index >= 15 is 0 Å². The van der Waals surface area contributed by atoms with Gasteiger partial charge < -0.3 is 5.32 Å². The summed E-state index contributed by atoms with van der Waals surface area (Å²) in [7, 11) is -4.32. The SMILES string of the molecule is O=C(Nc1ccc(S(=O)(=O)NCC(F)(F)F)cc1)c1c2c(nc3ccccc13)CCC2. The van der Waals surface area contributed by atoms with Gasteiger partial charge in [-0.15, -0.1) is 0 Å². The van der Waals surface area contributed by atoms with Gasteiger partial charge in [0.25, 0.3) is 5.91 Å². The summed E-state index contributed by atoms with van der Waals surface area (Å²) in [4.78, 5) is 17.4. The van der Waals surface area contributed by atoms with E-state index in [1.807, 2.05) is 24.3 Å². The van der Waals surface area contributed by atoms with Crippen LogP contribution in [0.2, 0.25) is 0 Å². The van der Waals surface area contributed by atoms with E-state index in [2.05, 4.69) is 10.3 Å². The Morgan fingerprint density at radius 3 is 2.45 bits per heavy atom. The van der Waals surface area contributed by atoms with Crippen LogP contribution in [0.3, 0.4) is 0 Å². The lowest BCUT2D eigenvalue weighted by molar-refractivity contribution is -0.121. The number of alkyl halides is 3. The second kappa shape index (κ2) is 7.93. The fourth-order valence-electron chi connectivity index (χ4n) is 3.64. The summed E-state index contributed by atoms with van der Waals surface area (Å²) in [5, 5.41) is 3.49. The monoisotopic (exact) mass is 449 g/mol. The minimum Gasteiger partial charge on any atom is -0.322 e. The first kappa shape index (κ1) is 21.3. The van der Waals surface area contributed by atoms with Crippen molar-refractivity contribution in [2.24, 2.45) is 0 Å². The minimum absolute atomic E-state index is 0.326. The Bertz CT molecular complexity index is 1260. The Kier molecular flexibility index (Phi) is 5.44. The summed E-state index contributed by atoms with van der Waals surface area (Å²) >= 11 is 0. The van der Waals surface area contributed by atoms with Crippen LogP contribution in [-0.4, -0.2) is 32.0 Å². The molecule has 0 aliphatic heterocycles. The molecule has 6 nitrogen and oxygen atoms in total. The van der Waals surface area contributed by atoms with Crippen molar-refractivity contribution in [1.82, 2.24) is 9.71 Å². The number of rotatable bonds is 5. The average Bonchev–Trinajstić information content (AvgIpc) is 3.18. The number of carbonyl (C=O) groups excluding carboxylic acids is 1. The lowest BCUT2D eigenvalue weighted by Gasteiger charge is -2.13. The number of fused-ring (bicyclic) bond motifs is 2. The molecule has 1 aromatic heterocycles. The van der Waals surface area contributed by atoms with Gasteiger partial charge in [0.15, 0.2) is 0 Å². The van der Waals surface area contributed by atoms with Crippen LogP contribution in [0.4, 0.5) is 18.9 Å². The van der Waals surface area contributed by atoms with Crippen molar-refractivity contribution < 1.29 is 26.4 Å². The molecule has 10 heteroatoms. The first-order valence-corrected chi connectivity index (χ1v) is 11.0. The Morgan fingerprint density at radius 1 is 1.03 bits per heavy atom. The third-order valence-corrected chi connectivity index (χ3v) is 6.45. The minimum atomic E-state index is -4.66. The van der Waals surface area contributed by atoms with Gasteiger partial charge in [-0.1, -0.05) is 18.2 Å². The van der Waals surface area contributed by atoms with Crippen LogP contribution in [0, 0.1) is 0 Å². The number of sulfonamides is 1. The van der Waals surface area contributed by atoms with Crippen LogP contribution in [0.5, 0.6) is 0 Å². The van der Waals surface area contributed by atoms with E-state index in [1.165, 1.54) is 16.9 Å². The molecule has 0 saturated carbocycles. The molecule has 1 amide bonds. The maximum absolute atomic E-state index is 13.1. The molecule has 0 fully saturated rings. The molecule has 0 unspecified atom stereocenters. The number of para-hydroxylation sites is 1. The first-order valence-electron chi connectivity index (χ1n) is 9.52. The molecule has 1 aliphatic carbocycles. The zero-order chi connectivity index (χ0) is 22.2. The molecule has 0 radical (unpaired) electrons. The van der Waals surface area contributed by atoms with E-state index in [0.717, 1.165) is 53.6 Å². The summed E-state index contributed by atoms with van der Waals surface area (Å²) in [5.74, 6) is -0.345. The highest BCUT2D eigenvalue weighted by Gasteiger charge is 2.30. The third kappa shape index (κ3) is 4.54. The van der Waals surface area contributed by atoms with Crippen molar-refractivity contribution in [3.05, 3.63) is 65.4 Å². The van der Waals surface area contributed by atoms with E-state index in [1.54, 1.807) is 0 Å². The molecule has 0 saturated heterocycles. The number of hydrogen-bond donors (Lipinski definition) is 2. The Morgan fingerprint density at radius 2 is 1.74 bits per heavy atom. The lowest BCUT2D eigenvalue weighted by atomic mass is 10.0. The molecular formula is C21H18F3N3O3S. The van der Waals surface area contributed by atoms with Gasteiger partial charge in [-0.05, 0) is 55.2 Å². The fourth-order valence-corrected chi connectivity index (χ4v) is 4.66. The lowest BCUT2D eigenvalue weighted by Crippen LogP contribution is -2.33. The van der Waals surface area contributed by atoms with E-state index in [4.69, 9.17) is 0 Å². The molecule has 1 heterocycles. The van der Waals surface area contributed by atoms with Crippen LogP contribution < -0.4 is 10.0 Å². The number of amides is 1. The van der Waals surface area contributed by atoms with Crippen molar-refractivity contribution in [2.75, 3.05) is 11.9 Å². The van der Waals surface area contributed by atoms with E-state index < -0.39 is 22.7 Å². The standard InChI is InChI=1S/C21H18F3N3O3S/c22-21(23,24)12-25-31(29,30)14-10-8-13(9-11-14)26-20(28)19-15-4-1-2-6-17(15)27-18-7-3-5-16(18)19/h1-2,4,6,8-11,25H,3,5,7,12H2,(H,26,28). The van der Waals surface area contributed by atoms with Crippen molar-refractivity contribution in [1.29, 1.82) is 0 Å². The first-order chi connectivity index (χ1) is 14.6. The molecule has 3 aromatic rings. The summed E-state index contributed by atoms with van der Waals surface area (Å²) in [5.41, 5.74) is 3.41. The van der Waals surface area contributed by atoms with Crippen molar-refractivity contribution >= 4 is 32.5 Å². The number of halogens is 3. The second-order valence-electron chi connectivity index (χ2n) is 7.20. The van der Waals surface area contributed by atoms with Gasteiger partial charge >= 0.3 is 6.18 Å². The third-order valence-electron chi connectivity index (χ3n) is 5.03. The number of aryl methyl sites for hydroxylation is 1. The van der Waals surface area contributed by atoms with Crippen LogP contribution >= 0.6 is 0 Å². The Balaban J connectivity index is 1.58. The summed E-state index contributed by atoms with van der Waals surface area (Å²) in [6.45, 7) is -1.66. The van der Waals surface area contributed by atoms with E-state index in [9.17, 15) is 26.4 Å². The number of pyridine rings is 1. The van der Waals surface area contributed by atoms with Crippen LogP contribution in [-0.2, 0) is 22.9 Å². The number of aromatic nitrogens is 1. The average molecular weight is 449 g/mol. The van der Waals surface area contributed by atoms with Gasteiger partial charge in [-0.25, -0.2) is 13.1 Å². The second-order valence-corrected chi connectivity index (χ2v) is 8.97. The molecule has 4 rings (SSSR count). The molecule has 0 spiro atoms. The predicted octanol–water partition coefficient (Wildman–Crippen LogP) is 3.82. The van der Waals surface area contributed by atoms with Crippen LogP contribution in [0.1, 0.15) is 28.0 Å². The fraction of sp³-hybridized carbons (Fsp3) is 0.238. The Labute approximate surface area is 176 Å². The number of nitrogens with zero attached hydrogens (tertiary/aromatic N) is 1. The summed E-state index contributed by atoms with van der Waals surface area (Å²) in [6.07, 6.45) is -2.19. The van der Waals surface area contributed by atoms with Gasteiger partial charge in [0.2, 0.25) is 10.0 Å². The summed E-state index contributed by atoms with van der Waals surface area (Å²) in [6, 6.07) is 12.3. The molecule has 1 aliphatic rings. The quantitative estimate of drug-likeness (QED) is 0.620. The Hall–Kier alpha value is -2.98. The highest BCUT2D eigenvalue weighted by atomic mass is 32.2. The number of nitrogens with one attached hydrogen (secondary N) is 2. The molecule has 0 bridgehead atoms. The van der Waals surface area contributed by atoms with E-state index in [0.29, 0.717) is 11.3 Å². The van der Waals surface area contributed by atoms with E-state index in [-0.39, 0.29) is 10.8 Å². The normalized spacial score (nSPS) is 13.9. The molecule has 2 aromatic carbocycles. The largest absolute Gasteiger partial charge is 0.402 e. The number of benzene rings is 2. The predicted molar refractivity (Wildman–Crippen MR) is 109 cm³/mol. The van der Waals surface area contributed by atoms with Crippen molar-refractivity contribution in [3.63, 3.8) is 0 Å². The van der Waals surface area contributed by atoms with Gasteiger partial charge in [0.1, 0.15) is 6.54 Å². The molecule has 31 heavy (non-hydrogen) atoms. The number of hydrogen-bond acceptors (Lipinski definition) is 4. The van der Waals surface area contributed by atoms with Gasteiger partial charge in [0, 0.05) is 16.8 Å². The zero-order valence-corrected chi connectivity index (χ0v) is 17.0. The zero-order valence-electron chi connectivity index (χ0n) is 16.2. The van der Waals surface area contributed by atoms with Crippen LogP contribution in [0.25, 0.3) is 10.9 Å². The molecule has 2 N–H and O–H groups in total. The van der Waals surface area contributed by atoms with Gasteiger partial charge in [0.05, 0.1) is 16.0 Å². The van der Waals surface area contributed by atoms with Crippen molar-refractivity contribution in [2.45, 2.75) is 30.3 Å². The molecular weight excluding hydrogens is 431 g/mol. The molecule has 0 atom stereocenters. The van der Waals surface area contributed by atoms with Crippen LogP contribution in [0.15, 0.2) is 53.4 Å². The van der Waals surface area contributed by atoms with Crippen molar-refractivity contribution in [3.8, 4) is 0 Å². The topological polar surface area (TPSA) is 88.2 Å². The van der Waals surface area contributed by atoms with Gasteiger partial charge in [-0.2, -0.15) is 13.2 Å². The highest BCUT2D eigenvalue weighted by Crippen LogP contribution is 2.30. The maximum Gasteiger partial charge on any atom is 0.402 e. The smallest absolute Gasteiger partial charge is 0.322 e.